The molecular weight excluding hydrogens is 206 g/mol. The molecule has 4 N–H and O–H groups in total. The number of nitrogens with two attached hydrogens (primary N) is 1. The van der Waals surface area contributed by atoms with Gasteiger partial charge in [0.2, 0.25) is 0 Å². The van der Waals surface area contributed by atoms with E-state index < -0.39 is 0 Å². The molecule has 0 radical (unpaired) electrons. The Hall–Kier alpha value is -0.810. The fraction of sp³-hybridized carbons (Fsp3) is 0.909. The molecule has 16 heavy (non-hydrogen) atoms. The predicted octanol–water partition coefficient (Wildman–Crippen LogP) is 0.138. The van der Waals surface area contributed by atoms with Crippen LogP contribution in [0.2, 0.25) is 0 Å². The molecule has 1 heterocycles. The summed E-state index contributed by atoms with van der Waals surface area (Å²) in [5, 5.41) is 12.3. The fourth-order valence-electron chi connectivity index (χ4n) is 1.99. The van der Waals surface area contributed by atoms with Crippen molar-refractivity contribution in [3.8, 4) is 0 Å². The number of likely N-dealkylation sites (tertiary alicyclic amines) is 1. The molecule has 0 bridgehead atoms. The lowest BCUT2D eigenvalue weighted by Crippen LogP contribution is -2.47. The normalized spacial score (nSPS) is 19.8. The average Bonchev–Trinajstić information content (AvgIpc) is 2.27. The van der Waals surface area contributed by atoms with Gasteiger partial charge in [-0.25, -0.2) is 4.79 Å². The minimum Gasteiger partial charge on any atom is -0.396 e. The molecular formula is C11H23N3O2. The molecule has 1 saturated heterocycles. The van der Waals surface area contributed by atoms with Crippen LogP contribution in [0.25, 0.3) is 0 Å². The van der Waals surface area contributed by atoms with E-state index in [9.17, 15) is 4.79 Å². The van der Waals surface area contributed by atoms with Crippen molar-refractivity contribution < 1.29 is 9.90 Å². The molecule has 2 amide bonds. The highest BCUT2D eigenvalue weighted by molar-refractivity contribution is 5.72. The number of carbonyl (C=O) groups is 1. The second kappa shape index (κ2) is 6.70. The van der Waals surface area contributed by atoms with E-state index in [-0.39, 0.29) is 12.6 Å². The number of aliphatic hydroxyl groups is 1. The van der Waals surface area contributed by atoms with Crippen molar-refractivity contribution in [2.75, 3.05) is 26.2 Å². The van der Waals surface area contributed by atoms with Crippen molar-refractivity contribution in [3.05, 3.63) is 0 Å². The Bertz CT molecular complexity index is 215. The number of aliphatic hydroxyl groups excluding tert-OH is 1. The number of amides is 2. The molecule has 1 aliphatic heterocycles. The van der Waals surface area contributed by atoms with E-state index in [0.717, 1.165) is 38.9 Å². The first-order chi connectivity index (χ1) is 7.63. The number of carbonyl (C=O) groups excluding carboxylic acids is 1. The summed E-state index contributed by atoms with van der Waals surface area (Å²) in [4.78, 5) is 12.6. The van der Waals surface area contributed by atoms with Crippen LogP contribution in [-0.2, 0) is 0 Å². The van der Waals surface area contributed by atoms with Gasteiger partial charge >= 0.3 is 6.03 Å². The van der Waals surface area contributed by atoms with Crippen molar-refractivity contribution in [2.24, 2.45) is 11.7 Å². The summed E-state index contributed by atoms with van der Waals surface area (Å²) in [6, 6.07) is 0.170. The zero-order valence-electron chi connectivity index (χ0n) is 9.98. The molecule has 5 heteroatoms. The Morgan fingerprint density at radius 3 is 2.69 bits per heavy atom. The van der Waals surface area contributed by atoms with Crippen LogP contribution in [-0.4, -0.2) is 48.3 Å². The molecule has 0 spiro atoms. The number of hydrogen-bond acceptors (Lipinski definition) is 3. The maximum absolute atomic E-state index is 10.9. The highest BCUT2D eigenvalue weighted by Gasteiger charge is 2.20. The number of primary amides is 1. The van der Waals surface area contributed by atoms with Gasteiger partial charge in [0.25, 0.3) is 0 Å². The van der Waals surface area contributed by atoms with Crippen LogP contribution in [0.5, 0.6) is 0 Å². The zero-order valence-corrected chi connectivity index (χ0v) is 9.98. The SMILES string of the molecule is CC(CCO)CNC1CCN(C(N)=O)CC1. The number of urea groups is 1. The lowest BCUT2D eigenvalue weighted by atomic mass is 10.0. The van der Waals surface area contributed by atoms with Crippen molar-refractivity contribution in [3.63, 3.8) is 0 Å². The summed E-state index contributed by atoms with van der Waals surface area (Å²) in [5.41, 5.74) is 5.21. The van der Waals surface area contributed by atoms with E-state index in [1.54, 1.807) is 4.90 Å². The quantitative estimate of drug-likeness (QED) is 0.627. The minimum absolute atomic E-state index is 0.253. The Labute approximate surface area is 97.0 Å². The summed E-state index contributed by atoms with van der Waals surface area (Å²) in [6.45, 7) is 4.81. The van der Waals surface area contributed by atoms with E-state index >= 15 is 0 Å². The highest BCUT2D eigenvalue weighted by atomic mass is 16.3. The Kier molecular flexibility index (Phi) is 5.55. The first kappa shape index (κ1) is 13.3. The number of rotatable bonds is 5. The zero-order chi connectivity index (χ0) is 12.0. The van der Waals surface area contributed by atoms with Gasteiger partial charge in [-0.1, -0.05) is 6.92 Å². The molecule has 1 unspecified atom stereocenters. The molecule has 0 aromatic rings. The third kappa shape index (κ3) is 4.37. The van der Waals surface area contributed by atoms with E-state index in [4.69, 9.17) is 10.8 Å². The third-order valence-electron chi connectivity index (χ3n) is 3.18. The second-order valence-electron chi connectivity index (χ2n) is 4.63. The lowest BCUT2D eigenvalue weighted by Gasteiger charge is -2.31. The molecule has 1 rings (SSSR count). The van der Waals surface area contributed by atoms with Crippen LogP contribution in [0.3, 0.4) is 0 Å². The van der Waals surface area contributed by atoms with E-state index in [0.29, 0.717) is 12.0 Å². The predicted molar refractivity (Wildman–Crippen MR) is 63.0 cm³/mol. The largest absolute Gasteiger partial charge is 0.396 e. The van der Waals surface area contributed by atoms with Crippen molar-refractivity contribution in [1.82, 2.24) is 10.2 Å². The number of nitrogens with one attached hydrogen (secondary N) is 1. The standard InChI is InChI=1S/C11H23N3O2/c1-9(4-7-15)8-13-10-2-5-14(6-3-10)11(12)16/h9-10,13,15H,2-8H2,1H3,(H2,12,16). The van der Waals surface area contributed by atoms with Gasteiger partial charge in [-0.05, 0) is 31.7 Å². The van der Waals surface area contributed by atoms with Crippen LogP contribution in [0.4, 0.5) is 4.79 Å². The molecule has 1 fully saturated rings. The van der Waals surface area contributed by atoms with Crippen LogP contribution < -0.4 is 11.1 Å². The average molecular weight is 229 g/mol. The van der Waals surface area contributed by atoms with E-state index in [2.05, 4.69) is 12.2 Å². The van der Waals surface area contributed by atoms with Gasteiger partial charge in [0.1, 0.15) is 0 Å². The van der Waals surface area contributed by atoms with E-state index in [1.807, 2.05) is 0 Å². The fourth-order valence-corrected chi connectivity index (χ4v) is 1.99. The van der Waals surface area contributed by atoms with Gasteiger partial charge in [-0.3, -0.25) is 0 Å². The van der Waals surface area contributed by atoms with Crippen LogP contribution in [0, 0.1) is 5.92 Å². The van der Waals surface area contributed by atoms with Gasteiger partial charge in [-0.15, -0.1) is 0 Å². The van der Waals surface area contributed by atoms with Gasteiger partial charge in [0.05, 0.1) is 0 Å². The second-order valence-corrected chi connectivity index (χ2v) is 4.63. The molecule has 0 aliphatic carbocycles. The first-order valence-corrected chi connectivity index (χ1v) is 6.02. The van der Waals surface area contributed by atoms with Gasteiger partial charge in [0.15, 0.2) is 0 Å². The maximum Gasteiger partial charge on any atom is 0.314 e. The maximum atomic E-state index is 10.9. The third-order valence-corrected chi connectivity index (χ3v) is 3.18. The number of nitrogens with zero attached hydrogens (tertiary/aromatic N) is 1. The molecule has 1 aliphatic rings. The molecule has 0 saturated carbocycles. The van der Waals surface area contributed by atoms with Crippen LogP contribution >= 0.6 is 0 Å². The monoisotopic (exact) mass is 229 g/mol. The van der Waals surface area contributed by atoms with Gasteiger partial charge in [-0.2, -0.15) is 0 Å². The Morgan fingerprint density at radius 2 is 2.19 bits per heavy atom. The highest BCUT2D eigenvalue weighted by Crippen LogP contribution is 2.10. The lowest BCUT2D eigenvalue weighted by molar-refractivity contribution is 0.183. The van der Waals surface area contributed by atoms with Crippen LogP contribution in [0.15, 0.2) is 0 Å². The molecule has 5 nitrogen and oxygen atoms in total. The summed E-state index contributed by atoms with van der Waals surface area (Å²) in [5.74, 6) is 0.499. The Balaban J connectivity index is 2.14. The van der Waals surface area contributed by atoms with Crippen molar-refractivity contribution in [1.29, 1.82) is 0 Å². The summed E-state index contributed by atoms with van der Waals surface area (Å²) < 4.78 is 0. The van der Waals surface area contributed by atoms with Crippen molar-refractivity contribution >= 4 is 6.03 Å². The van der Waals surface area contributed by atoms with E-state index in [1.165, 1.54) is 0 Å². The molecule has 0 aromatic heterocycles. The minimum atomic E-state index is -0.313. The number of hydrogen-bond donors (Lipinski definition) is 3. The Morgan fingerprint density at radius 1 is 1.56 bits per heavy atom. The summed E-state index contributed by atoms with van der Waals surface area (Å²) >= 11 is 0. The molecule has 94 valence electrons. The summed E-state index contributed by atoms with van der Waals surface area (Å²) in [6.07, 6.45) is 2.77. The molecule has 0 aromatic carbocycles. The topological polar surface area (TPSA) is 78.6 Å². The summed E-state index contributed by atoms with van der Waals surface area (Å²) in [7, 11) is 0. The van der Waals surface area contributed by atoms with Crippen LogP contribution in [0.1, 0.15) is 26.2 Å². The van der Waals surface area contributed by atoms with Gasteiger partial charge in [0, 0.05) is 25.7 Å². The molecule has 1 atom stereocenters. The van der Waals surface area contributed by atoms with Gasteiger partial charge < -0.3 is 21.1 Å². The smallest absolute Gasteiger partial charge is 0.314 e. The van der Waals surface area contributed by atoms with Crippen molar-refractivity contribution in [2.45, 2.75) is 32.2 Å². The first-order valence-electron chi connectivity index (χ1n) is 6.02. The number of piperidine rings is 1.